The van der Waals surface area contributed by atoms with Crippen molar-refractivity contribution in [1.82, 2.24) is 0 Å². The number of hydrogen-bond acceptors (Lipinski definition) is 2. The Hall–Kier alpha value is -0.570. The second kappa shape index (κ2) is 8.77. The van der Waals surface area contributed by atoms with Crippen LogP contribution in [0.1, 0.15) is 86.5 Å². The number of aliphatic hydroxyl groups is 1. The van der Waals surface area contributed by atoms with Crippen molar-refractivity contribution in [2.45, 2.75) is 92.1 Å². The molecule has 126 valence electrons. The van der Waals surface area contributed by atoms with Crippen LogP contribution in [0, 0.1) is 17.3 Å². The van der Waals surface area contributed by atoms with Gasteiger partial charge in [-0.2, -0.15) is 0 Å². The first-order chi connectivity index (χ1) is 9.65. The van der Waals surface area contributed by atoms with Gasteiger partial charge in [0.1, 0.15) is 0 Å². The molecule has 0 radical (unpaired) electrons. The molecule has 0 bridgehead atoms. The molecule has 0 aromatic carbocycles. The van der Waals surface area contributed by atoms with Gasteiger partial charge in [0.15, 0.2) is 0 Å². The van der Waals surface area contributed by atoms with Crippen molar-refractivity contribution in [2.75, 3.05) is 0 Å². The predicted octanol–water partition coefficient (Wildman–Crippen LogP) is 4.87. The molecule has 3 nitrogen and oxygen atoms in total. The molecule has 1 aliphatic rings. The molecule has 0 spiro atoms. The van der Waals surface area contributed by atoms with Gasteiger partial charge in [-0.15, -0.1) is 0 Å². The van der Waals surface area contributed by atoms with Gasteiger partial charge in [-0.3, -0.25) is 4.79 Å². The van der Waals surface area contributed by atoms with Crippen LogP contribution in [0.3, 0.4) is 0 Å². The molecular weight excluding hydrogens is 264 g/mol. The van der Waals surface area contributed by atoms with Crippen LogP contribution in [-0.4, -0.2) is 21.8 Å². The van der Waals surface area contributed by atoms with E-state index in [1.54, 1.807) is 0 Å². The quantitative estimate of drug-likeness (QED) is 0.764. The van der Waals surface area contributed by atoms with Gasteiger partial charge < -0.3 is 10.2 Å². The Morgan fingerprint density at radius 1 is 1.10 bits per heavy atom. The maximum atomic E-state index is 11.0. The first kappa shape index (κ1) is 20.4. The highest BCUT2D eigenvalue weighted by Gasteiger charge is 2.36. The van der Waals surface area contributed by atoms with Crippen molar-refractivity contribution in [1.29, 1.82) is 0 Å². The lowest BCUT2D eigenvalue weighted by Gasteiger charge is -2.39. The molecule has 0 amide bonds. The van der Waals surface area contributed by atoms with Gasteiger partial charge >= 0.3 is 5.97 Å². The predicted molar refractivity (Wildman–Crippen MR) is 88.4 cm³/mol. The third-order valence-electron chi connectivity index (χ3n) is 5.34. The summed E-state index contributed by atoms with van der Waals surface area (Å²) in [4.78, 5) is 11.0. The molecule has 1 aliphatic carbocycles. The van der Waals surface area contributed by atoms with Gasteiger partial charge in [-0.05, 0) is 49.9 Å². The lowest BCUT2D eigenvalue weighted by Crippen LogP contribution is -2.38. The summed E-state index contributed by atoms with van der Waals surface area (Å²) < 4.78 is 0. The van der Waals surface area contributed by atoms with E-state index in [0.717, 1.165) is 25.7 Å². The SMILES string of the molecule is CC.CC1CC[C@](C)(O)[C@@H](CC(=O)O)CCCCC1(C)C. The van der Waals surface area contributed by atoms with Crippen LogP contribution in [0.25, 0.3) is 0 Å². The van der Waals surface area contributed by atoms with Crippen LogP contribution in [0.4, 0.5) is 0 Å². The third kappa shape index (κ3) is 6.82. The molecule has 1 unspecified atom stereocenters. The van der Waals surface area contributed by atoms with E-state index in [-0.39, 0.29) is 12.3 Å². The van der Waals surface area contributed by atoms with Crippen LogP contribution >= 0.6 is 0 Å². The minimum absolute atomic E-state index is 0.0881. The van der Waals surface area contributed by atoms with Crippen LogP contribution in [0.5, 0.6) is 0 Å². The summed E-state index contributed by atoms with van der Waals surface area (Å²) in [6, 6.07) is 0. The zero-order valence-electron chi connectivity index (χ0n) is 14.9. The molecule has 0 heterocycles. The highest BCUT2D eigenvalue weighted by Crippen LogP contribution is 2.40. The first-order valence-electron chi connectivity index (χ1n) is 8.59. The zero-order valence-corrected chi connectivity index (χ0v) is 14.9. The maximum Gasteiger partial charge on any atom is 0.303 e. The largest absolute Gasteiger partial charge is 0.481 e. The second-order valence-electron chi connectivity index (χ2n) is 7.33. The minimum Gasteiger partial charge on any atom is -0.481 e. The van der Waals surface area contributed by atoms with E-state index in [1.165, 1.54) is 6.42 Å². The first-order valence-corrected chi connectivity index (χ1v) is 8.59. The van der Waals surface area contributed by atoms with E-state index >= 15 is 0 Å². The Morgan fingerprint density at radius 2 is 1.67 bits per heavy atom. The molecule has 0 aromatic rings. The molecule has 0 aliphatic heterocycles. The summed E-state index contributed by atoms with van der Waals surface area (Å²) in [6.07, 6.45) is 5.92. The molecule has 3 heteroatoms. The van der Waals surface area contributed by atoms with E-state index in [0.29, 0.717) is 17.8 Å². The Labute approximate surface area is 131 Å². The lowest BCUT2D eigenvalue weighted by atomic mass is 9.69. The van der Waals surface area contributed by atoms with Crippen LogP contribution in [-0.2, 0) is 4.79 Å². The van der Waals surface area contributed by atoms with Gasteiger partial charge in [0, 0.05) is 0 Å². The van der Waals surface area contributed by atoms with Gasteiger partial charge in [-0.1, -0.05) is 47.5 Å². The van der Waals surface area contributed by atoms with E-state index in [2.05, 4.69) is 20.8 Å². The van der Waals surface area contributed by atoms with E-state index in [1.807, 2.05) is 20.8 Å². The van der Waals surface area contributed by atoms with Crippen molar-refractivity contribution >= 4 is 5.97 Å². The third-order valence-corrected chi connectivity index (χ3v) is 5.34. The van der Waals surface area contributed by atoms with Crippen molar-refractivity contribution in [3.05, 3.63) is 0 Å². The molecule has 0 saturated heterocycles. The molecule has 2 N–H and O–H groups in total. The summed E-state index contributed by atoms with van der Waals surface area (Å²) >= 11 is 0. The van der Waals surface area contributed by atoms with Crippen molar-refractivity contribution in [3.8, 4) is 0 Å². The lowest BCUT2D eigenvalue weighted by molar-refractivity contribution is -0.141. The van der Waals surface area contributed by atoms with Crippen molar-refractivity contribution in [3.63, 3.8) is 0 Å². The zero-order chi connectivity index (χ0) is 16.7. The molecule has 0 aromatic heterocycles. The fourth-order valence-corrected chi connectivity index (χ4v) is 3.17. The van der Waals surface area contributed by atoms with Crippen molar-refractivity contribution in [2.24, 2.45) is 17.3 Å². The summed E-state index contributed by atoms with van der Waals surface area (Å²) in [5, 5.41) is 19.6. The maximum absolute atomic E-state index is 11.0. The topological polar surface area (TPSA) is 57.5 Å². The highest BCUT2D eigenvalue weighted by atomic mass is 16.4. The summed E-state index contributed by atoms with van der Waals surface area (Å²) in [7, 11) is 0. The van der Waals surface area contributed by atoms with Crippen LogP contribution in [0.2, 0.25) is 0 Å². The highest BCUT2D eigenvalue weighted by molar-refractivity contribution is 5.67. The number of hydrogen-bond donors (Lipinski definition) is 2. The average Bonchev–Trinajstić information content (AvgIpc) is 2.40. The number of carboxylic acid groups (broad SMARTS) is 1. The number of aliphatic carboxylic acids is 1. The van der Waals surface area contributed by atoms with E-state index < -0.39 is 11.6 Å². The fraction of sp³-hybridized carbons (Fsp3) is 0.944. The van der Waals surface area contributed by atoms with Crippen LogP contribution in [0.15, 0.2) is 0 Å². The van der Waals surface area contributed by atoms with E-state index in [9.17, 15) is 9.90 Å². The Kier molecular flexibility index (Phi) is 8.53. The average molecular weight is 300 g/mol. The minimum atomic E-state index is -0.847. The summed E-state index contributed by atoms with van der Waals surface area (Å²) in [6.45, 7) is 12.7. The standard InChI is InChI=1S/C16H30O3.C2H6/c1-12-8-10-16(4,19)13(11-14(17)18)7-5-6-9-15(12,2)3;1-2/h12-13,19H,5-11H2,1-4H3,(H,17,18);1-2H3/t12?,13-,16+;/m1./s1. The Bertz CT molecular complexity index is 308. The van der Waals surface area contributed by atoms with Gasteiger partial charge in [0.05, 0.1) is 12.0 Å². The number of rotatable bonds is 2. The normalized spacial score (nSPS) is 33.5. The molecule has 21 heavy (non-hydrogen) atoms. The second-order valence-corrected chi connectivity index (χ2v) is 7.33. The van der Waals surface area contributed by atoms with Crippen LogP contribution < -0.4 is 0 Å². The van der Waals surface area contributed by atoms with Gasteiger partial charge in [-0.25, -0.2) is 0 Å². The number of carbonyl (C=O) groups is 1. The Morgan fingerprint density at radius 3 is 2.19 bits per heavy atom. The molecule has 1 rings (SSSR count). The molecule has 3 atom stereocenters. The molecule has 1 saturated carbocycles. The van der Waals surface area contributed by atoms with Crippen molar-refractivity contribution < 1.29 is 15.0 Å². The summed E-state index contributed by atoms with van der Waals surface area (Å²) in [5.41, 5.74) is -0.532. The van der Waals surface area contributed by atoms with Gasteiger partial charge in [0.2, 0.25) is 0 Å². The number of carboxylic acids is 1. The smallest absolute Gasteiger partial charge is 0.303 e. The summed E-state index contributed by atoms with van der Waals surface area (Å²) in [5.74, 6) is -0.350. The van der Waals surface area contributed by atoms with E-state index in [4.69, 9.17) is 5.11 Å². The molecule has 1 fully saturated rings. The Balaban J connectivity index is 0.00000191. The molecular formula is C18H36O3. The monoisotopic (exact) mass is 300 g/mol. The van der Waals surface area contributed by atoms with Gasteiger partial charge in [0.25, 0.3) is 0 Å². The fourth-order valence-electron chi connectivity index (χ4n) is 3.17.